The Labute approximate surface area is 121 Å². The Balaban J connectivity index is 2.53. The smallest absolute Gasteiger partial charge is 0.308 e. The molecule has 6 heteroatoms. The summed E-state index contributed by atoms with van der Waals surface area (Å²) in [4.78, 5) is 25.0. The first-order valence-corrected chi connectivity index (χ1v) is 6.93. The molecule has 2 rings (SSSR count). The van der Waals surface area contributed by atoms with Crippen molar-refractivity contribution < 1.29 is 23.5 Å². The van der Waals surface area contributed by atoms with E-state index in [0.717, 1.165) is 12.1 Å². The molecule has 0 radical (unpaired) electrons. The molecule has 0 aliphatic carbocycles. The summed E-state index contributed by atoms with van der Waals surface area (Å²) in [5.74, 6) is -3.71. The van der Waals surface area contributed by atoms with Crippen LogP contribution >= 0.6 is 0 Å². The van der Waals surface area contributed by atoms with Gasteiger partial charge in [-0.3, -0.25) is 9.59 Å². The van der Waals surface area contributed by atoms with Crippen LogP contribution in [0.2, 0.25) is 0 Å². The van der Waals surface area contributed by atoms with Gasteiger partial charge in [0, 0.05) is 24.6 Å². The second-order valence-corrected chi connectivity index (χ2v) is 5.13. The quantitative estimate of drug-likeness (QED) is 0.933. The van der Waals surface area contributed by atoms with E-state index in [2.05, 4.69) is 0 Å². The van der Waals surface area contributed by atoms with E-state index in [9.17, 15) is 23.5 Å². The van der Waals surface area contributed by atoms with Gasteiger partial charge in [-0.1, -0.05) is 6.07 Å². The van der Waals surface area contributed by atoms with Crippen molar-refractivity contribution in [3.8, 4) is 0 Å². The van der Waals surface area contributed by atoms with Crippen LogP contribution in [0.3, 0.4) is 0 Å². The SMILES string of the molecule is CCN1C(=O)CCCC(C(=O)O)C1c1ccc(F)cc1F. The molecule has 1 N–H and O–H groups in total. The van der Waals surface area contributed by atoms with E-state index in [-0.39, 0.29) is 24.4 Å². The first-order valence-electron chi connectivity index (χ1n) is 6.93. The summed E-state index contributed by atoms with van der Waals surface area (Å²) in [7, 11) is 0. The molecule has 1 aromatic rings. The summed E-state index contributed by atoms with van der Waals surface area (Å²) >= 11 is 0. The van der Waals surface area contributed by atoms with E-state index < -0.39 is 29.6 Å². The number of aliphatic carboxylic acids is 1. The largest absolute Gasteiger partial charge is 0.481 e. The zero-order valence-corrected chi connectivity index (χ0v) is 11.7. The Morgan fingerprint density at radius 3 is 2.71 bits per heavy atom. The average molecular weight is 297 g/mol. The summed E-state index contributed by atoms with van der Waals surface area (Å²) in [6, 6.07) is 2.13. The molecule has 1 saturated heterocycles. The van der Waals surface area contributed by atoms with E-state index in [4.69, 9.17) is 0 Å². The van der Waals surface area contributed by atoms with Gasteiger partial charge in [-0.25, -0.2) is 8.78 Å². The normalized spacial score (nSPS) is 23.0. The maximum atomic E-state index is 14.1. The molecule has 0 spiro atoms. The standard InChI is InChI=1S/C15H17F2NO3/c1-2-18-13(19)5-3-4-11(15(20)21)14(18)10-7-6-9(16)8-12(10)17/h6-8,11,14H,2-5H2,1H3,(H,20,21). The molecular weight excluding hydrogens is 280 g/mol. The Hall–Kier alpha value is -1.98. The van der Waals surface area contributed by atoms with E-state index in [0.29, 0.717) is 12.8 Å². The Morgan fingerprint density at radius 2 is 2.14 bits per heavy atom. The van der Waals surface area contributed by atoms with Crippen LogP contribution in [0.15, 0.2) is 18.2 Å². The van der Waals surface area contributed by atoms with Crippen molar-refractivity contribution in [2.45, 2.75) is 32.2 Å². The first-order chi connectivity index (χ1) is 9.95. The number of benzene rings is 1. The van der Waals surface area contributed by atoms with Gasteiger partial charge in [0.05, 0.1) is 12.0 Å². The number of carbonyl (C=O) groups is 2. The molecule has 1 amide bonds. The van der Waals surface area contributed by atoms with Crippen molar-refractivity contribution in [3.63, 3.8) is 0 Å². The van der Waals surface area contributed by atoms with Crippen molar-refractivity contribution in [1.82, 2.24) is 4.90 Å². The fourth-order valence-corrected chi connectivity index (χ4v) is 2.90. The number of likely N-dealkylation sites (tertiary alicyclic amines) is 1. The highest BCUT2D eigenvalue weighted by molar-refractivity contribution is 5.79. The second-order valence-electron chi connectivity index (χ2n) is 5.13. The molecule has 1 aliphatic rings. The van der Waals surface area contributed by atoms with Gasteiger partial charge in [-0.15, -0.1) is 0 Å². The number of halogens is 2. The van der Waals surface area contributed by atoms with Crippen molar-refractivity contribution in [1.29, 1.82) is 0 Å². The molecule has 0 aromatic heterocycles. The maximum absolute atomic E-state index is 14.1. The van der Waals surface area contributed by atoms with Crippen LogP contribution in [-0.2, 0) is 9.59 Å². The van der Waals surface area contributed by atoms with Crippen LogP contribution in [0.4, 0.5) is 8.78 Å². The van der Waals surface area contributed by atoms with E-state index in [1.54, 1.807) is 6.92 Å². The molecule has 4 nitrogen and oxygen atoms in total. The van der Waals surface area contributed by atoms with Gasteiger partial charge in [-0.05, 0) is 25.8 Å². The van der Waals surface area contributed by atoms with Crippen LogP contribution < -0.4 is 0 Å². The van der Waals surface area contributed by atoms with Gasteiger partial charge >= 0.3 is 5.97 Å². The van der Waals surface area contributed by atoms with Crippen LogP contribution in [0.1, 0.15) is 37.8 Å². The van der Waals surface area contributed by atoms with Crippen LogP contribution in [0, 0.1) is 17.6 Å². The fourth-order valence-electron chi connectivity index (χ4n) is 2.90. The van der Waals surface area contributed by atoms with Gasteiger partial charge in [0.2, 0.25) is 5.91 Å². The number of nitrogens with zero attached hydrogens (tertiary/aromatic N) is 1. The third-order valence-electron chi connectivity index (χ3n) is 3.88. The molecule has 21 heavy (non-hydrogen) atoms. The predicted octanol–water partition coefficient (Wildman–Crippen LogP) is 2.74. The number of rotatable bonds is 3. The van der Waals surface area contributed by atoms with Gasteiger partial charge < -0.3 is 10.0 Å². The minimum absolute atomic E-state index is 0.0564. The zero-order valence-electron chi connectivity index (χ0n) is 11.7. The number of carboxylic acids is 1. The molecule has 1 heterocycles. The molecule has 1 aromatic carbocycles. The summed E-state index contributed by atoms with van der Waals surface area (Å²) in [5, 5.41) is 9.41. The highest BCUT2D eigenvalue weighted by Gasteiger charge is 2.39. The van der Waals surface area contributed by atoms with Crippen molar-refractivity contribution >= 4 is 11.9 Å². The van der Waals surface area contributed by atoms with Gasteiger partial charge in [0.1, 0.15) is 11.6 Å². The van der Waals surface area contributed by atoms with Crippen LogP contribution in [-0.4, -0.2) is 28.4 Å². The molecular formula is C15H17F2NO3. The molecule has 2 atom stereocenters. The van der Waals surface area contributed by atoms with Gasteiger partial charge in [-0.2, -0.15) is 0 Å². The molecule has 1 aliphatic heterocycles. The molecule has 2 unspecified atom stereocenters. The molecule has 0 bridgehead atoms. The molecule has 1 fully saturated rings. The Morgan fingerprint density at radius 1 is 1.43 bits per heavy atom. The maximum Gasteiger partial charge on any atom is 0.308 e. The number of carboxylic acid groups (broad SMARTS) is 1. The monoisotopic (exact) mass is 297 g/mol. The van der Waals surface area contributed by atoms with Gasteiger partial charge in [0.25, 0.3) is 0 Å². The van der Waals surface area contributed by atoms with Crippen molar-refractivity contribution in [3.05, 3.63) is 35.4 Å². The highest BCUT2D eigenvalue weighted by atomic mass is 19.1. The third-order valence-corrected chi connectivity index (χ3v) is 3.88. The summed E-state index contributed by atoms with van der Waals surface area (Å²) in [6.45, 7) is 2.00. The Bertz CT molecular complexity index is 560. The number of amides is 1. The lowest BCUT2D eigenvalue weighted by Gasteiger charge is -2.33. The summed E-state index contributed by atoms with van der Waals surface area (Å²) in [5.41, 5.74) is 0.0564. The lowest BCUT2D eigenvalue weighted by Crippen LogP contribution is -2.39. The van der Waals surface area contributed by atoms with Crippen molar-refractivity contribution in [2.75, 3.05) is 6.54 Å². The van der Waals surface area contributed by atoms with Gasteiger partial charge in [0.15, 0.2) is 0 Å². The second kappa shape index (κ2) is 6.20. The number of carbonyl (C=O) groups excluding carboxylic acids is 1. The average Bonchev–Trinajstić information content (AvgIpc) is 2.57. The first kappa shape index (κ1) is 15.4. The topological polar surface area (TPSA) is 57.6 Å². The zero-order chi connectivity index (χ0) is 15.6. The van der Waals surface area contributed by atoms with E-state index in [1.807, 2.05) is 0 Å². The highest BCUT2D eigenvalue weighted by Crippen LogP contribution is 2.37. The molecule has 114 valence electrons. The third kappa shape index (κ3) is 3.04. The summed E-state index contributed by atoms with van der Waals surface area (Å²) in [6.07, 6.45) is 0.988. The summed E-state index contributed by atoms with van der Waals surface area (Å²) < 4.78 is 27.1. The van der Waals surface area contributed by atoms with Crippen LogP contribution in [0.5, 0.6) is 0 Å². The lowest BCUT2D eigenvalue weighted by atomic mass is 9.89. The fraction of sp³-hybridized carbons (Fsp3) is 0.467. The minimum atomic E-state index is -1.07. The predicted molar refractivity (Wildman–Crippen MR) is 71.5 cm³/mol. The Kier molecular flexibility index (Phi) is 4.55. The van der Waals surface area contributed by atoms with E-state index >= 15 is 0 Å². The van der Waals surface area contributed by atoms with Crippen LogP contribution in [0.25, 0.3) is 0 Å². The molecule has 0 saturated carbocycles. The minimum Gasteiger partial charge on any atom is -0.481 e. The lowest BCUT2D eigenvalue weighted by molar-refractivity contribution is -0.146. The van der Waals surface area contributed by atoms with Crippen molar-refractivity contribution in [2.24, 2.45) is 5.92 Å². The van der Waals surface area contributed by atoms with E-state index in [1.165, 1.54) is 11.0 Å². The number of hydrogen-bond donors (Lipinski definition) is 1. The number of hydrogen-bond acceptors (Lipinski definition) is 2.